The van der Waals surface area contributed by atoms with Crippen molar-refractivity contribution in [1.82, 2.24) is 9.80 Å². The SMILES string of the molecule is CCN(CCCO)C(=O)N1CSC[C@H]1C(=O)O. The van der Waals surface area contributed by atoms with E-state index in [2.05, 4.69) is 0 Å². The van der Waals surface area contributed by atoms with Crippen LogP contribution < -0.4 is 0 Å². The Morgan fingerprint density at radius 2 is 2.24 bits per heavy atom. The van der Waals surface area contributed by atoms with Gasteiger partial charge in [0, 0.05) is 25.4 Å². The standard InChI is InChI=1S/C10H18N2O4S/c1-2-11(4-3-5-13)10(16)12-7-17-6-8(12)9(14)15/h8,13H,2-7H2,1H3,(H,14,15)/t8-/m0/s1. The van der Waals surface area contributed by atoms with Gasteiger partial charge in [0.2, 0.25) is 0 Å². The van der Waals surface area contributed by atoms with Crippen LogP contribution in [0.1, 0.15) is 13.3 Å². The molecule has 0 unspecified atom stereocenters. The number of carbonyl (C=O) groups excluding carboxylic acids is 1. The second-order valence-electron chi connectivity index (χ2n) is 3.76. The third-order valence-corrected chi connectivity index (χ3v) is 3.66. The van der Waals surface area contributed by atoms with Crippen LogP contribution in [0.3, 0.4) is 0 Å². The molecule has 17 heavy (non-hydrogen) atoms. The number of thioether (sulfide) groups is 1. The molecule has 1 aliphatic rings. The Labute approximate surface area is 105 Å². The van der Waals surface area contributed by atoms with Gasteiger partial charge in [-0.3, -0.25) is 0 Å². The van der Waals surface area contributed by atoms with Crippen LogP contribution in [0, 0.1) is 0 Å². The van der Waals surface area contributed by atoms with Crippen LogP contribution in [0.4, 0.5) is 4.79 Å². The van der Waals surface area contributed by atoms with Crippen molar-refractivity contribution in [3.05, 3.63) is 0 Å². The quantitative estimate of drug-likeness (QED) is 0.743. The number of amides is 2. The maximum absolute atomic E-state index is 12.1. The van der Waals surface area contributed by atoms with E-state index in [1.807, 2.05) is 6.92 Å². The van der Waals surface area contributed by atoms with Crippen LogP contribution in [-0.2, 0) is 4.79 Å². The molecule has 2 N–H and O–H groups in total. The minimum atomic E-state index is -0.957. The van der Waals surface area contributed by atoms with Crippen LogP contribution in [0.2, 0.25) is 0 Å². The van der Waals surface area contributed by atoms with E-state index in [4.69, 9.17) is 10.2 Å². The topological polar surface area (TPSA) is 81.1 Å². The highest BCUT2D eigenvalue weighted by atomic mass is 32.2. The second kappa shape index (κ2) is 6.70. The fourth-order valence-electron chi connectivity index (χ4n) is 1.67. The first-order valence-corrected chi connectivity index (χ1v) is 6.74. The molecule has 0 saturated carbocycles. The van der Waals surface area contributed by atoms with Gasteiger partial charge in [-0.25, -0.2) is 9.59 Å². The Bertz CT molecular complexity index is 287. The highest BCUT2D eigenvalue weighted by Crippen LogP contribution is 2.22. The van der Waals surface area contributed by atoms with E-state index in [-0.39, 0.29) is 12.6 Å². The zero-order valence-electron chi connectivity index (χ0n) is 9.83. The van der Waals surface area contributed by atoms with Crippen molar-refractivity contribution in [1.29, 1.82) is 0 Å². The minimum Gasteiger partial charge on any atom is -0.480 e. The first-order valence-electron chi connectivity index (χ1n) is 5.58. The van der Waals surface area contributed by atoms with Crippen molar-refractivity contribution < 1.29 is 19.8 Å². The molecule has 1 aliphatic heterocycles. The van der Waals surface area contributed by atoms with Gasteiger partial charge >= 0.3 is 12.0 Å². The molecular weight excluding hydrogens is 244 g/mol. The average molecular weight is 262 g/mol. The fourth-order valence-corrected chi connectivity index (χ4v) is 2.81. The minimum absolute atomic E-state index is 0.0287. The third-order valence-electron chi connectivity index (χ3n) is 2.65. The Kier molecular flexibility index (Phi) is 5.57. The summed E-state index contributed by atoms with van der Waals surface area (Å²) in [6, 6.07) is -0.978. The fraction of sp³-hybridized carbons (Fsp3) is 0.800. The summed E-state index contributed by atoms with van der Waals surface area (Å²) in [7, 11) is 0. The van der Waals surface area contributed by atoms with Gasteiger partial charge in [0.05, 0.1) is 5.88 Å². The Balaban J connectivity index is 2.63. The van der Waals surface area contributed by atoms with Gasteiger partial charge in [0.1, 0.15) is 6.04 Å². The van der Waals surface area contributed by atoms with Crippen LogP contribution in [-0.4, -0.2) is 69.4 Å². The molecule has 1 fully saturated rings. The molecule has 0 radical (unpaired) electrons. The number of aliphatic carboxylic acids is 1. The maximum atomic E-state index is 12.1. The summed E-state index contributed by atoms with van der Waals surface area (Å²) in [6.45, 7) is 2.85. The molecule has 1 rings (SSSR count). The van der Waals surface area contributed by atoms with Crippen molar-refractivity contribution in [3.8, 4) is 0 Å². The number of hydrogen-bond donors (Lipinski definition) is 2. The van der Waals surface area contributed by atoms with Gasteiger partial charge in [-0.15, -0.1) is 11.8 Å². The number of rotatable bonds is 5. The van der Waals surface area contributed by atoms with E-state index < -0.39 is 12.0 Å². The number of carboxylic acid groups (broad SMARTS) is 1. The summed E-state index contributed by atoms with van der Waals surface area (Å²) in [5, 5.41) is 17.7. The molecule has 0 aromatic carbocycles. The largest absolute Gasteiger partial charge is 0.480 e. The number of carboxylic acids is 1. The van der Waals surface area contributed by atoms with Crippen LogP contribution >= 0.6 is 11.8 Å². The predicted octanol–water partition coefficient (Wildman–Crippen LogP) is 0.270. The van der Waals surface area contributed by atoms with Crippen molar-refractivity contribution in [2.45, 2.75) is 19.4 Å². The molecule has 1 heterocycles. The molecule has 98 valence electrons. The van der Waals surface area contributed by atoms with Gasteiger partial charge in [-0.1, -0.05) is 0 Å². The molecule has 0 aromatic heterocycles. The number of hydrogen-bond acceptors (Lipinski definition) is 4. The molecule has 6 nitrogen and oxygen atoms in total. The number of aliphatic hydroxyl groups is 1. The lowest BCUT2D eigenvalue weighted by Gasteiger charge is -2.28. The van der Waals surface area contributed by atoms with Gasteiger partial charge in [-0.05, 0) is 13.3 Å². The Morgan fingerprint density at radius 1 is 1.53 bits per heavy atom. The zero-order chi connectivity index (χ0) is 12.8. The van der Waals surface area contributed by atoms with Crippen LogP contribution in [0.25, 0.3) is 0 Å². The van der Waals surface area contributed by atoms with Crippen LogP contribution in [0.15, 0.2) is 0 Å². The summed E-state index contributed by atoms with van der Waals surface area (Å²) >= 11 is 1.45. The van der Waals surface area contributed by atoms with Gasteiger partial charge in [0.15, 0.2) is 0 Å². The highest BCUT2D eigenvalue weighted by Gasteiger charge is 2.36. The molecule has 0 spiro atoms. The summed E-state index contributed by atoms with van der Waals surface area (Å²) in [5.41, 5.74) is 0. The monoisotopic (exact) mass is 262 g/mol. The normalized spacial score (nSPS) is 19.4. The number of aliphatic hydroxyl groups excluding tert-OH is 1. The third kappa shape index (κ3) is 3.50. The lowest BCUT2D eigenvalue weighted by Crippen LogP contribution is -2.49. The molecule has 2 amide bonds. The van der Waals surface area contributed by atoms with Crippen molar-refractivity contribution in [2.24, 2.45) is 0 Å². The zero-order valence-corrected chi connectivity index (χ0v) is 10.7. The van der Waals surface area contributed by atoms with E-state index in [1.54, 1.807) is 4.90 Å². The first-order chi connectivity index (χ1) is 8.11. The van der Waals surface area contributed by atoms with E-state index in [9.17, 15) is 9.59 Å². The van der Waals surface area contributed by atoms with E-state index in [0.717, 1.165) is 0 Å². The van der Waals surface area contributed by atoms with Gasteiger partial charge in [-0.2, -0.15) is 0 Å². The molecule has 7 heteroatoms. The first kappa shape index (κ1) is 14.1. The summed E-state index contributed by atoms with van der Waals surface area (Å²) in [4.78, 5) is 26.0. The van der Waals surface area contributed by atoms with Crippen molar-refractivity contribution in [2.75, 3.05) is 31.3 Å². The Morgan fingerprint density at radius 3 is 2.76 bits per heavy atom. The molecule has 1 atom stereocenters. The maximum Gasteiger partial charge on any atom is 0.327 e. The summed E-state index contributed by atoms with van der Waals surface area (Å²) < 4.78 is 0. The van der Waals surface area contributed by atoms with Gasteiger partial charge < -0.3 is 20.0 Å². The number of nitrogens with zero attached hydrogens (tertiary/aromatic N) is 2. The lowest BCUT2D eigenvalue weighted by atomic mass is 10.3. The van der Waals surface area contributed by atoms with Crippen molar-refractivity contribution in [3.63, 3.8) is 0 Å². The summed E-state index contributed by atoms with van der Waals surface area (Å²) in [6.07, 6.45) is 0.512. The van der Waals surface area contributed by atoms with E-state index >= 15 is 0 Å². The average Bonchev–Trinajstić information content (AvgIpc) is 2.78. The van der Waals surface area contributed by atoms with E-state index in [0.29, 0.717) is 31.1 Å². The Hall–Kier alpha value is -0.950. The van der Waals surface area contributed by atoms with Crippen LogP contribution in [0.5, 0.6) is 0 Å². The smallest absolute Gasteiger partial charge is 0.327 e. The molecule has 0 aliphatic carbocycles. The van der Waals surface area contributed by atoms with Gasteiger partial charge in [0.25, 0.3) is 0 Å². The number of carbonyl (C=O) groups is 2. The number of urea groups is 1. The molecule has 0 bridgehead atoms. The molecule has 0 aromatic rings. The van der Waals surface area contributed by atoms with Crippen molar-refractivity contribution >= 4 is 23.8 Å². The summed E-state index contributed by atoms with van der Waals surface area (Å²) in [5.74, 6) is -0.0918. The lowest BCUT2D eigenvalue weighted by molar-refractivity contribution is -0.140. The second-order valence-corrected chi connectivity index (χ2v) is 4.76. The predicted molar refractivity (Wildman–Crippen MR) is 64.9 cm³/mol. The molecule has 1 saturated heterocycles. The molecular formula is C10H18N2O4S. The highest BCUT2D eigenvalue weighted by molar-refractivity contribution is 7.99. The van der Waals surface area contributed by atoms with E-state index in [1.165, 1.54) is 16.7 Å².